The molecule has 2 amide bonds. The van der Waals surface area contributed by atoms with Gasteiger partial charge in [-0.3, -0.25) is 14.3 Å². The number of nitrogens with two attached hydrogens (primary N) is 1. The van der Waals surface area contributed by atoms with Gasteiger partial charge in [-0.1, -0.05) is 0 Å². The van der Waals surface area contributed by atoms with Gasteiger partial charge in [-0.2, -0.15) is 5.10 Å². The highest BCUT2D eigenvalue weighted by Crippen LogP contribution is 2.08. The quantitative estimate of drug-likeness (QED) is 0.758. The van der Waals surface area contributed by atoms with Crippen molar-refractivity contribution < 1.29 is 9.59 Å². The maximum atomic E-state index is 11.8. The first-order chi connectivity index (χ1) is 9.01. The summed E-state index contributed by atoms with van der Waals surface area (Å²) in [7, 11) is 1.66. The Kier molecular flexibility index (Phi) is 5.35. The smallest absolute Gasteiger partial charge is 0.256 e. The molecule has 1 aromatic rings. The first-order valence-electron chi connectivity index (χ1n) is 6.34. The summed E-state index contributed by atoms with van der Waals surface area (Å²) in [5, 5.41) is 6.56. The molecule has 7 nitrogen and oxygen atoms in total. The van der Waals surface area contributed by atoms with E-state index in [9.17, 15) is 9.59 Å². The molecule has 0 fully saturated rings. The predicted molar refractivity (Wildman–Crippen MR) is 72.5 cm³/mol. The van der Waals surface area contributed by atoms with Crippen LogP contribution in [0.15, 0.2) is 6.20 Å². The van der Waals surface area contributed by atoms with Gasteiger partial charge in [-0.05, 0) is 13.8 Å². The summed E-state index contributed by atoms with van der Waals surface area (Å²) < 4.78 is 1.43. The summed E-state index contributed by atoms with van der Waals surface area (Å²) in [6.07, 6.45) is 1.70. The lowest BCUT2D eigenvalue weighted by Crippen LogP contribution is -2.34. The Morgan fingerprint density at radius 3 is 2.53 bits per heavy atom. The molecule has 0 radical (unpaired) electrons. The van der Waals surface area contributed by atoms with E-state index >= 15 is 0 Å². The van der Waals surface area contributed by atoms with Gasteiger partial charge in [0.05, 0.1) is 6.20 Å². The van der Waals surface area contributed by atoms with E-state index in [1.54, 1.807) is 11.9 Å². The van der Waals surface area contributed by atoms with Crippen LogP contribution in [0.2, 0.25) is 0 Å². The van der Waals surface area contributed by atoms with Crippen LogP contribution < -0.4 is 11.1 Å². The van der Waals surface area contributed by atoms with E-state index in [1.807, 2.05) is 13.8 Å². The second-order valence-corrected chi connectivity index (χ2v) is 4.14. The van der Waals surface area contributed by atoms with E-state index in [2.05, 4.69) is 10.4 Å². The van der Waals surface area contributed by atoms with Gasteiger partial charge < -0.3 is 16.0 Å². The average Bonchev–Trinajstić information content (AvgIpc) is 2.71. The molecule has 19 heavy (non-hydrogen) atoms. The zero-order valence-electron chi connectivity index (χ0n) is 11.6. The maximum Gasteiger partial charge on any atom is 0.256 e. The van der Waals surface area contributed by atoms with Crippen LogP contribution in [-0.2, 0) is 11.8 Å². The Morgan fingerprint density at radius 2 is 2.05 bits per heavy atom. The number of nitrogens with one attached hydrogen (secondary N) is 1. The van der Waals surface area contributed by atoms with Crippen LogP contribution in [0.3, 0.4) is 0 Å². The molecule has 0 bridgehead atoms. The molecule has 0 atom stereocenters. The third kappa shape index (κ3) is 3.70. The molecule has 106 valence electrons. The van der Waals surface area contributed by atoms with E-state index in [-0.39, 0.29) is 18.2 Å². The normalized spacial score (nSPS) is 10.3. The summed E-state index contributed by atoms with van der Waals surface area (Å²) >= 11 is 0. The van der Waals surface area contributed by atoms with Crippen molar-refractivity contribution in [2.45, 2.75) is 20.3 Å². The molecule has 1 heterocycles. The lowest BCUT2D eigenvalue weighted by molar-refractivity contribution is -0.130. The molecule has 0 aliphatic carbocycles. The highest BCUT2D eigenvalue weighted by atomic mass is 16.2. The van der Waals surface area contributed by atoms with Crippen LogP contribution in [0.25, 0.3) is 0 Å². The van der Waals surface area contributed by atoms with Crippen molar-refractivity contribution in [2.75, 3.05) is 25.4 Å². The number of nitrogen functional groups attached to an aromatic ring is 1. The van der Waals surface area contributed by atoms with Gasteiger partial charge in [-0.15, -0.1) is 0 Å². The zero-order valence-corrected chi connectivity index (χ0v) is 11.6. The van der Waals surface area contributed by atoms with Crippen LogP contribution >= 0.6 is 0 Å². The van der Waals surface area contributed by atoms with E-state index in [4.69, 9.17) is 5.73 Å². The van der Waals surface area contributed by atoms with Crippen molar-refractivity contribution in [1.29, 1.82) is 0 Å². The number of carbonyl (C=O) groups is 2. The SMILES string of the molecule is CCN(CC)C(=O)CCNC(=O)c1cnn(C)c1N. The molecular weight excluding hydrogens is 246 g/mol. The standard InChI is InChI=1S/C12H21N5O2/c1-4-17(5-2)10(18)6-7-14-12(19)9-8-15-16(3)11(9)13/h8H,4-7,13H2,1-3H3,(H,14,19). The van der Waals surface area contributed by atoms with Crippen LogP contribution in [-0.4, -0.2) is 46.1 Å². The second kappa shape index (κ2) is 6.77. The summed E-state index contributed by atoms with van der Waals surface area (Å²) in [5.41, 5.74) is 6.02. The molecular formula is C12H21N5O2. The van der Waals surface area contributed by atoms with Gasteiger partial charge in [0, 0.05) is 33.1 Å². The number of nitrogens with zero attached hydrogens (tertiary/aromatic N) is 3. The van der Waals surface area contributed by atoms with E-state index in [1.165, 1.54) is 10.9 Å². The van der Waals surface area contributed by atoms with E-state index in [0.717, 1.165) is 0 Å². The lowest BCUT2D eigenvalue weighted by atomic mass is 10.3. The van der Waals surface area contributed by atoms with Crippen molar-refractivity contribution in [3.63, 3.8) is 0 Å². The fraction of sp³-hybridized carbons (Fsp3) is 0.583. The summed E-state index contributed by atoms with van der Waals surface area (Å²) in [5.74, 6) is 0.0370. The van der Waals surface area contributed by atoms with Crippen LogP contribution in [0.5, 0.6) is 0 Å². The minimum atomic E-state index is -0.307. The van der Waals surface area contributed by atoms with Gasteiger partial charge in [-0.25, -0.2) is 0 Å². The summed E-state index contributed by atoms with van der Waals surface area (Å²) in [6, 6.07) is 0. The number of hydrogen-bond donors (Lipinski definition) is 2. The number of rotatable bonds is 6. The number of anilines is 1. The number of hydrogen-bond acceptors (Lipinski definition) is 4. The van der Waals surface area contributed by atoms with Gasteiger partial charge in [0.1, 0.15) is 11.4 Å². The Balaban J connectivity index is 2.43. The van der Waals surface area contributed by atoms with E-state index < -0.39 is 0 Å². The molecule has 3 N–H and O–H groups in total. The molecule has 0 aliphatic rings. The average molecular weight is 267 g/mol. The number of carbonyl (C=O) groups excluding carboxylic acids is 2. The molecule has 0 aliphatic heterocycles. The fourth-order valence-electron chi connectivity index (χ4n) is 1.73. The summed E-state index contributed by atoms with van der Waals surface area (Å²) in [6.45, 7) is 5.51. The molecule has 0 saturated carbocycles. The van der Waals surface area contributed by atoms with Gasteiger partial charge in [0.2, 0.25) is 5.91 Å². The highest BCUT2D eigenvalue weighted by Gasteiger charge is 2.14. The number of aryl methyl sites for hydroxylation is 1. The molecule has 0 saturated heterocycles. The van der Waals surface area contributed by atoms with Crippen molar-refractivity contribution in [2.24, 2.45) is 7.05 Å². The zero-order chi connectivity index (χ0) is 14.4. The fourth-order valence-corrected chi connectivity index (χ4v) is 1.73. The molecule has 1 aromatic heterocycles. The highest BCUT2D eigenvalue weighted by molar-refractivity contribution is 5.98. The summed E-state index contributed by atoms with van der Waals surface area (Å²) in [4.78, 5) is 25.3. The monoisotopic (exact) mass is 267 g/mol. The second-order valence-electron chi connectivity index (χ2n) is 4.14. The number of amides is 2. The maximum absolute atomic E-state index is 11.8. The van der Waals surface area contributed by atoms with Crippen LogP contribution in [0.4, 0.5) is 5.82 Å². The Morgan fingerprint density at radius 1 is 1.42 bits per heavy atom. The van der Waals surface area contributed by atoms with Crippen molar-refractivity contribution in [3.8, 4) is 0 Å². The van der Waals surface area contributed by atoms with Crippen molar-refractivity contribution >= 4 is 17.6 Å². The Labute approximate surface area is 112 Å². The van der Waals surface area contributed by atoms with Gasteiger partial charge in [0.25, 0.3) is 5.91 Å². The largest absolute Gasteiger partial charge is 0.383 e. The molecule has 0 unspecified atom stereocenters. The van der Waals surface area contributed by atoms with Crippen molar-refractivity contribution in [3.05, 3.63) is 11.8 Å². The predicted octanol–water partition coefficient (Wildman–Crippen LogP) is -0.00940. The lowest BCUT2D eigenvalue weighted by Gasteiger charge is -2.18. The third-order valence-electron chi connectivity index (χ3n) is 2.97. The Bertz CT molecular complexity index is 451. The number of aromatic nitrogens is 2. The topological polar surface area (TPSA) is 93.2 Å². The van der Waals surface area contributed by atoms with Crippen molar-refractivity contribution in [1.82, 2.24) is 20.0 Å². The van der Waals surface area contributed by atoms with Gasteiger partial charge in [0.15, 0.2) is 0 Å². The molecule has 7 heteroatoms. The first-order valence-corrected chi connectivity index (χ1v) is 6.34. The molecule has 1 rings (SSSR count). The Hall–Kier alpha value is -2.05. The molecule has 0 aromatic carbocycles. The molecule has 0 spiro atoms. The minimum absolute atomic E-state index is 0.0319. The first kappa shape index (κ1) is 15.0. The van der Waals surface area contributed by atoms with Gasteiger partial charge >= 0.3 is 0 Å². The van der Waals surface area contributed by atoms with E-state index in [0.29, 0.717) is 31.0 Å². The van der Waals surface area contributed by atoms with Crippen LogP contribution in [0.1, 0.15) is 30.6 Å². The minimum Gasteiger partial charge on any atom is -0.383 e. The van der Waals surface area contributed by atoms with Crippen LogP contribution in [0, 0.1) is 0 Å². The third-order valence-corrected chi connectivity index (χ3v) is 2.97.